The van der Waals surface area contributed by atoms with Crippen LogP contribution in [-0.4, -0.2) is 40.8 Å². The van der Waals surface area contributed by atoms with E-state index in [-0.39, 0.29) is 25.1 Å². The summed E-state index contributed by atoms with van der Waals surface area (Å²) in [6, 6.07) is 14.4. The topological polar surface area (TPSA) is 93.1 Å². The van der Waals surface area contributed by atoms with E-state index < -0.39 is 28.1 Å². The average molecular weight is 475 g/mol. The summed E-state index contributed by atoms with van der Waals surface area (Å²) in [5, 5.41) is 9.30. The molecule has 0 aliphatic carbocycles. The molecule has 172 valence electrons. The Labute approximate surface area is 189 Å². The normalized spacial score (nSPS) is 17.3. The van der Waals surface area contributed by atoms with Gasteiger partial charge in [-0.05, 0) is 35.7 Å². The summed E-state index contributed by atoms with van der Waals surface area (Å²) in [6.45, 7) is -0.231. The van der Waals surface area contributed by atoms with Gasteiger partial charge in [0.05, 0.1) is 30.2 Å². The Morgan fingerprint density at radius 1 is 1.18 bits per heavy atom. The first-order valence-corrected chi connectivity index (χ1v) is 11.5. The molecule has 4 rings (SSSR count). The third-order valence-electron chi connectivity index (χ3n) is 5.54. The van der Waals surface area contributed by atoms with Crippen LogP contribution >= 0.6 is 0 Å². The molecule has 0 amide bonds. The Balaban J connectivity index is 1.83. The van der Waals surface area contributed by atoms with E-state index in [9.17, 15) is 26.9 Å². The Morgan fingerprint density at radius 2 is 1.94 bits per heavy atom. The second kappa shape index (κ2) is 8.88. The SMILES string of the molecule is N#Cc1ccc2c(c1)CN(S(=O)(=O)C(F)(F)F)[C@H](Cc1ccccc1)CN2Cc1c[nH]cn1. The number of hydrogen-bond acceptors (Lipinski definition) is 5. The van der Waals surface area contributed by atoms with E-state index in [0.29, 0.717) is 26.8 Å². The molecule has 1 aliphatic heterocycles. The first-order chi connectivity index (χ1) is 15.7. The van der Waals surface area contributed by atoms with E-state index in [4.69, 9.17) is 0 Å². The Hall–Kier alpha value is -3.36. The molecule has 2 heterocycles. The van der Waals surface area contributed by atoms with E-state index in [1.807, 2.05) is 11.0 Å². The molecule has 1 atom stereocenters. The molecule has 0 saturated heterocycles. The molecule has 1 N–H and O–H groups in total. The number of benzene rings is 2. The number of halogens is 3. The van der Waals surface area contributed by atoms with Gasteiger partial charge in [-0.3, -0.25) is 0 Å². The number of fused-ring (bicyclic) bond motifs is 1. The first kappa shape index (κ1) is 22.8. The van der Waals surface area contributed by atoms with Crippen LogP contribution in [0, 0.1) is 11.3 Å². The third-order valence-corrected chi connectivity index (χ3v) is 7.17. The van der Waals surface area contributed by atoms with Crippen molar-refractivity contribution in [1.29, 1.82) is 5.26 Å². The highest BCUT2D eigenvalue weighted by molar-refractivity contribution is 7.90. The van der Waals surface area contributed by atoms with Crippen LogP contribution in [0.5, 0.6) is 0 Å². The summed E-state index contributed by atoms with van der Waals surface area (Å²) < 4.78 is 66.8. The van der Waals surface area contributed by atoms with E-state index in [2.05, 4.69) is 9.97 Å². The zero-order chi connectivity index (χ0) is 23.6. The first-order valence-electron chi connectivity index (χ1n) is 10.1. The number of aromatic nitrogens is 2. The van der Waals surface area contributed by atoms with Gasteiger partial charge in [-0.2, -0.15) is 22.7 Å². The minimum Gasteiger partial charge on any atom is -0.364 e. The van der Waals surface area contributed by atoms with Crippen LogP contribution in [0.25, 0.3) is 0 Å². The number of alkyl halides is 3. The van der Waals surface area contributed by atoms with Crippen molar-refractivity contribution in [3.05, 3.63) is 83.4 Å². The smallest absolute Gasteiger partial charge is 0.364 e. The molecule has 3 aromatic rings. The molecule has 0 saturated carbocycles. The molecular weight excluding hydrogens is 455 g/mol. The standard InChI is InChI=1S/C22H20F3N5O2S/c23-22(24,25)33(31,32)30-12-18-8-17(10-26)6-7-21(18)29(13-19-11-27-15-28-19)14-20(30)9-16-4-2-1-3-5-16/h1-8,11,15,20H,9,12-14H2,(H,27,28)/t20-/m1/s1. The van der Waals surface area contributed by atoms with Crippen molar-refractivity contribution >= 4 is 15.7 Å². The molecule has 2 aromatic carbocycles. The van der Waals surface area contributed by atoms with Crippen molar-refractivity contribution in [2.24, 2.45) is 0 Å². The van der Waals surface area contributed by atoms with Gasteiger partial charge in [0.2, 0.25) is 0 Å². The number of sulfonamides is 1. The fourth-order valence-corrected chi connectivity index (χ4v) is 5.13. The number of rotatable bonds is 5. The average Bonchev–Trinajstić information content (AvgIpc) is 3.24. The highest BCUT2D eigenvalue weighted by Crippen LogP contribution is 2.36. The number of nitriles is 1. The Kier molecular flexibility index (Phi) is 6.14. The maximum Gasteiger partial charge on any atom is 0.511 e. The Morgan fingerprint density at radius 3 is 2.58 bits per heavy atom. The van der Waals surface area contributed by atoms with Crippen molar-refractivity contribution in [3.63, 3.8) is 0 Å². The number of anilines is 1. The number of H-pyrrole nitrogens is 1. The van der Waals surface area contributed by atoms with Gasteiger partial charge in [0.25, 0.3) is 0 Å². The van der Waals surface area contributed by atoms with Crippen LogP contribution in [0.2, 0.25) is 0 Å². The molecule has 33 heavy (non-hydrogen) atoms. The zero-order valence-electron chi connectivity index (χ0n) is 17.3. The van der Waals surface area contributed by atoms with Crippen molar-refractivity contribution in [2.75, 3.05) is 11.4 Å². The third kappa shape index (κ3) is 4.72. The molecule has 0 radical (unpaired) electrons. The number of hydrogen-bond donors (Lipinski definition) is 1. The van der Waals surface area contributed by atoms with Crippen molar-refractivity contribution in [2.45, 2.75) is 31.1 Å². The predicted octanol–water partition coefficient (Wildman–Crippen LogP) is 3.56. The van der Waals surface area contributed by atoms with Gasteiger partial charge >= 0.3 is 15.5 Å². The number of imidazole rings is 1. The van der Waals surface area contributed by atoms with Gasteiger partial charge in [-0.15, -0.1) is 0 Å². The van der Waals surface area contributed by atoms with Crippen LogP contribution < -0.4 is 4.90 Å². The van der Waals surface area contributed by atoms with E-state index in [0.717, 1.165) is 0 Å². The van der Waals surface area contributed by atoms with Gasteiger partial charge in [0.1, 0.15) is 0 Å². The second-order valence-corrected chi connectivity index (χ2v) is 9.62. The van der Waals surface area contributed by atoms with Crippen LogP contribution in [0.4, 0.5) is 18.9 Å². The lowest BCUT2D eigenvalue weighted by molar-refractivity contribution is -0.0502. The lowest BCUT2D eigenvalue weighted by Gasteiger charge is -2.32. The summed E-state index contributed by atoms with van der Waals surface area (Å²) in [4.78, 5) is 8.86. The van der Waals surface area contributed by atoms with Gasteiger partial charge in [-0.25, -0.2) is 13.4 Å². The van der Waals surface area contributed by atoms with Gasteiger partial charge in [0.15, 0.2) is 0 Å². The van der Waals surface area contributed by atoms with Crippen LogP contribution in [0.1, 0.15) is 22.4 Å². The van der Waals surface area contributed by atoms with Crippen molar-refractivity contribution < 1.29 is 21.6 Å². The van der Waals surface area contributed by atoms with Gasteiger partial charge in [0, 0.05) is 31.0 Å². The summed E-state index contributed by atoms with van der Waals surface area (Å²) in [5.41, 5.74) is -2.96. The van der Waals surface area contributed by atoms with Crippen LogP contribution in [0.15, 0.2) is 61.1 Å². The summed E-state index contributed by atoms with van der Waals surface area (Å²) >= 11 is 0. The van der Waals surface area contributed by atoms with E-state index in [1.165, 1.54) is 12.4 Å². The minimum atomic E-state index is -5.64. The fraction of sp³-hybridized carbons (Fsp3) is 0.273. The largest absolute Gasteiger partial charge is 0.511 e. The highest BCUT2D eigenvalue weighted by atomic mass is 32.2. The molecule has 1 aliphatic rings. The lowest BCUT2D eigenvalue weighted by Crippen LogP contribution is -2.49. The molecule has 0 fully saturated rings. The number of nitrogens with one attached hydrogen (secondary N) is 1. The molecule has 1 aromatic heterocycles. The fourth-order valence-electron chi connectivity index (χ4n) is 4.02. The lowest BCUT2D eigenvalue weighted by atomic mass is 10.1. The summed E-state index contributed by atoms with van der Waals surface area (Å²) in [7, 11) is -5.64. The Bertz CT molecular complexity index is 1260. The van der Waals surface area contributed by atoms with E-state index in [1.54, 1.807) is 48.7 Å². The molecular formula is C22H20F3N5O2S. The summed E-state index contributed by atoms with van der Waals surface area (Å²) in [5.74, 6) is 0. The number of nitrogens with zero attached hydrogens (tertiary/aromatic N) is 4. The second-order valence-electron chi connectivity index (χ2n) is 7.74. The van der Waals surface area contributed by atoms with Gasteiger partial charge < -0.3 is 9.88 Å². The quantitative estimate of drug-likeness (QED) is 0.609. The highest BCUT2D eigenvalue weighted by Gasteiger charge is 2.52. The van der Waals surface area contributed by atoms with Gasteiger partial charge in [-0.1, -0.05) is 30.3 Å². The predicted molar refractivity (Wildman–Crippen MR) is 115 cm³/mol. The molecule has 11 heteroatoms. The molecule has 7 nitrogen and oxygen atoms in total. The summed E-state index contributed by atoms with van der Waals surface area (Å²) in [6.07, 6.45) is 3.26. The van der Waals surface area contributed by atoms with Crippen molar-refractivity contribution in [1.82, 2.24) is 14.3 Å². The minimum absolute atomic E-state index is 0.00989. The number of aromatic amines is 1. The maximum atomic E-state index is 13.7. The van der Waals surface area contributed by atoms with Crippen LogP contribution in [-0.2, 0) is 29.5 Å². The molecule has 0 unspecified atom stereocenters. The maximum absolute atomic E-state index is 13.7. The molecule has 0 spiro atoms. The zero-order valence-corrected chi connectivity index (χ0v) is 18.1. The van der Waals surface area contributed by atoms with Crippen molar-refractivity contribution in [3.8, 4) is 6.07 Å². The van der Waals surface area contributed by atoms with E-state index >= 15 is 0 Å². The monoisotopic (exact) mass is 475 g/mol. The van der Waals surface area contributed by atoms with Crippen LogP contribution in [0.3, 0.4) is 0 Å². The molecule has 0 bridgehead atoms.